The molecule has 0 spiro atoms. The van der Waals surface area contributed by atoms with Crippen molar-refractivity contribution in [2.24, 2.45) is 5.73 Å². The Morgan fingerprint density at radius 2 is 1.97 bits per heavy atom. The number of rotatable bonds is 6. The zero-order valence-corrected chi connectivity index (χ0v) is 17.1. The van der Waals surface area contributed by atoms with Crippen LogP contribution in [0, 0.1) is 13.8 Å². The van der Waals surface area contributed by atoms with E-state index in [0.717, 1.165) is 11.3 Å². The van der Waals surface area contributed by atoms with Crippen LogP contribution >= 0.6 is 0 Å². The van der Waals surface area contributed by atoms with Crippen molar-refractivity contribution >= 4 is 16.9 Å². The van der Waals surface area contributed by atoms with Gasteiger partial charge in [-0.05, 0) is 51.0 Å². The number of primary amides is 1. The van der Waals surface area contributed by atoms with Gasteiger partial charge in [-0.2, -0.15) is 10.2 Å². The Bertz CT molecular complexity index is 1070. The number of hydrogen-bond acceptors (Lipinski definition) is 7. The standard InChI is InChI=1S/C22H25N3O5/c1-13-3-4-15(25-24-13)11-29-17-6-5-16-19(18(21(23)27)14(2)30-16)20(17)22(12-26)7-9-28-10-8-22/h3-6,26H,7-12H2,1-2H3,(H2,23,27). The topological polar surface area (TPSA) is 121 Å². The summed E-state index contributed by atoms with van der Waals surface area (Å²) in [7, 11) is 0. The molecule has 4 rings (SSSR count). The predicted molar refractivity (Wildman–Crippen MR) is 109 cm³/mol. The second-order valence-electron chi connectivity index (χ2n) is 7.71. The molecule has 1 aromatic carbocycles. The summed E-state index contributed by atoms with van der Waals surface area (Å²) in [5.74, 6) is 0.429. The number of aliphatic hydroxyl groups is 1. The first-order chi connectivity index (χ1) is 14.4. The van der Waals surface area contributed by atoms with Gasteiger partial charge in [0, 0.05) is 29.6 Å². The number of carbonyl (C=O) groups excluding carboxylic acids is 1. The van der Waals surface area contributed by atoms with E-state index >= 15 is 0 Å². The molecule has 3 heterocycles. The van der Waals surface area contributed by atoms with Crippen LogP contribution < -0.4 is 10.5 Å². The quantitative estimate of drug-likeness (QED) is 0.639. The number of ether oxygens (including phenoxy) is 2. The van der Waals surface area contributed by atoms with E-state index in [-0.39, 0.29) is 13.2 Å². The Labute approximate surface area is 174 Å². The number of hydrogen-bond donors (Lipinski definition) is 2. The number of nitrogens with two attached hydrogens (primary N) is 1. The summed E-state index contributed by atoms with van der Waals surface area (Å²) in [6.45, 7) is 4.67. The molecule has 3 aromatic rings. The first-order valence-electron chi connectivity index (χ1n) is 9.92. The molecule has 0 radical (unpaired) electrons. The lowest BCUT2D eigenvalue weighted by Crippen LogP contribution is -2.38. The average Bonchev–Trinajstić information content (AvgIpc) is 3.09. The third-order valence-electron chi connectivity index (χ3n) is 5.75. The number of aryl methyl sites for hydroxylation is 2. The molecule has 158 valence electrons. The van der Waals surface area contributed by atoms with E-state index in [2.05, 4.69) is 10.2 Å². The smallest absolute Gasteiger partial charge is 0.252 e. The van der Waals surface area contributed by atoms with Crippen molar-refractivity contribution in [3.05, 3.63) is 52.5 Å². The summed E-state index contributed by atoms with van der Waals surface area (Å²) in [4.78, 5) is 12.3. The average molecular weight is 411 g/mol. The zero-order valence-electron chi connectivity index (χ0n) is 17.1. The van der Waals surface area contributed by atoms with Crippen LogP contribution in [0.4, 0.5) is 0 Å². The number of amides is 1. The van der Waals surface area contributed by atoms with Gasteiger partial charge in [-0.15, -0.1) is 0 Å². The van der Waals surface area contributed by atoms with Crippen molar-refractivity contribution in [3.8, 4) is 5.75 Å². The predicted octanol–water partition coefficient (Wildman–Crippen LogP) is 2.56. The van der Waals surface area contributed by atoms with Crippen LogP contribution in [-0.4, -0.2) is 41.0 Å². The molecule has 30 heavy (non-hydrogen) atoms. The summed E-state index contributed by atoms with van der Waals surface area (Å²) >= 11 is 0. The van der Waals surface area contributed by atoms with Gasteiger partial charge in [0.15, 0.2) is 0 Å². The van der Waals surface area contributed by atoms with Gasteiger partial charge in [0.25, 0.3) is 5.91 Å². The minimum atomic E-state index is -0.632. The lowest BCUT2D eigenvalue weighted by molar-refractivity contribution is 0.0246. The highest BCUT2D eigenvalue weighted by atomic mass is 16.5. The molecule has 0 atom stereocenters. The van der Waals surface area contributed by atoms with Crippen LogP contribution in [0.3, 0.4) is 0 Å². The minimum absolute atomic E-state index is 0.112. The monoisotopic (exact) mass is 411 g/mol. The molecule has 3 N–H and O–H groups in total. The van der Waals surface area contributed by atoms with E-state index in [0.29, 0.717) is 59.8 Å². The van der Waals surface area contributed by atoms with E-state index in [1.54, 1.807) is 19.1 Å². The van der Waals surface area contributed by atoms with Crippen molar-refractivity contribution in [1.82, 2.24) is 10.2 Å². The lowest BCUT2D eigenvalue weighted by atomic mass is 9.72. The van der Waals surface area contributed by atoms with Gasteiger partial charge in [0.1, 0.15) is 29.4 Å². The highest BCUT2D eigenvalue weighted by molar-refractivity contribution is 6.08. The van der Waals surface area contributed by atoms with Crippen molar-refractivity contribution < 1.29 is 23.8 Å². The summed E-state index contributed by atoms with van der Waals surface area (Å²) in [6, 6.07) is 7.29. The summed E-state index contributed by atoms with van der Waals surface area (Å²) in [6.07, 6.45) is 1.18. The molecule has 8 nitrogen and oxygen atoms in total. The molecule has 0 saturated carbocycles. The molecule has 1 amide bonds. The fourth-order valence-corrected chi connectivity index (χ4v) is 4.14. The van der Waals surface area contributed by atoms with Gasteiger partial charge in [-0.1, -0.05) is 0 Å². The van der Waals surface area contributed by atoms with Gasteiger partial charge in [-0.3, -0.25) is 4.79 Å². The Morgan fingerprint density at radius 3 is 2.60 bits per heavy atom. The molecule has 8 heteroatoms. The molecule has 1 saturated heterocycles. The van der Waals surface area contributed by atoms with Crippen LogP contribution in [0.2, 0.25) is 0 Å². The second-order valence-corrected chi connectivity index (χ2v) is 7.71. The molecule has 1 aliphatic rings. The van der Waals surface area contributed by atoms with Crippen LogP contribution in [0.1, 0.15) is 45.9 Å². The van der Waals surface area contributed by atoms with Crippen molar-refractivity contribution in [3.63, 3.8) is 0 Å². The van der Waals surface area contributed by atoms with Gasteiger partial charge in [0.05, 0.1) is 17.9 Å². The highest BCUT2D eigenvalue weighted by Crippen LogP contribution is 2.46. The van der Waals surface area contributed by atoms with Crippen molar-refractivity contribution in [2.75, 3.05) is 19.8 Å². The molecule has 1 fully saturated rings. The Balaban J connectivity index is 1.87. The lowest BCUT2D eigenvalue weighted by Gasteiger charge is -2.37. The molecule has 1 aliphatic heterocycles. The SMILES string of the molecule is Cc1ccc(COc2ccc3oc(C)c(C(N)=O)c3c2C2(CO)CCOCC2)nn1. The molecular weight excluding hydrogens is 386 g/mol. The van der Waals surface area contributed by atoms with Gasteiger partial charge < -0.3 is 24.7 Å². The van der Waals surface area contributed by atoms with Gasteiger partial charge in [0.2, 0.25) is 0 Å². The number of aliphatic hydroxyl groups excluding tert-OH is 1. The van der Waals surface area contributed by atoms with Crippen LogP contribution in [0.15, 0.2) is 28.7 Å². The van der Waals surface area contributed by atoms with E-state index < -0.39 is 11.3 Å². The molecule has 0 unspecified atom stereocenters. The number of benzene rings is 1. The van der Waals surface area contributed by atoms with Crippen LogP contribution in [-0.2, 0) is 16.8 Å². The van der Waals surface area contributed by atoms with Crippen LogP contribution in [0.5, 0.6) is 5.75 Å². The summed E-state index contributed by atoms with van der Waals surface area (Å²) in [5.41, 5.74) is 8.15. The number of aromatic nitrogens is 2. The Kier molecular flexibility index (Phi) is 5.44. The third kappa shape index (κ3) is 3.53. The van der Waals surface area contributed by atoms with E-state index in [1.807, 2.05) is 19.1 Å². The largest absolute Gasteiger partial charge is 0.487 e. The molecular formula is C22H25N3O5. The Hall–Kier alpha value is -2.97. The summed E-state index contributed by atoms with van der Waals surface area (Å²) < 4.78 is 17.5. The minimum Gasteiger partial charge on any atom is -0.487 e. The van der Waals surface area contributed by atoms with E-state index in [1.165, 1.54) is 0 Å². The maximum Gasteiger partial charge on any atom is 0.252 e. The van der Waals surface area contributed by atoms with E-state index in [9.17, 15) is 9.90 Å². The molecule has 0 bridgehead atoms. The van der Waals surface area contributed by atoms with Crippen LogP contribution in [0.25, 0.3) is 11.0 Å². The fraction of sp³-hybridized carbons (Fsp3) is 0.409. The Morgan fingerprint density at radius 1 is 1.20 bits per heavy atom. The highest BCUT2D eigenvalue weighted by Gasteiger charge is 2.40. The molecule has 2 aromatic heterocycles. The number of furan rings is 1. The van der Waals surface area contributed by atoms with E-state index in [4.69, 9.17) is 19.6 Å². The first-order valence-corrected chi connectivity index (χ1v) is 9.92. The van der Waals surface area contributed by atoms with Crippen molar-refractivity contribution in [1.29, 1.82) is 0 Å². The maximum atomic E-state index is 12.3. The number of nitrogens with zero attached hydrogens (tertiary/aromatic N) is 2. The van der Waals surface area contributed by atoms with Gasteiger partial charge in [-0.25, -0.2) is 0 Å². The third-order valence-corrected chi connectivity index (χ3v) is 5.75. The molecule has 0 aliphatic carbocycles. The fourth-order valence-electron chi connectivity index (χ4n) is 4.14. The maximum absolute atomic E-state index is 12.3. The second kappa shape index (κ2) is 8.04. The number of fused-ring (bicyclic) bond motifs is 1. The van der Waals surface area contributed by atoms with Gasteiger partial charge >= 0.3 is 0 Å². The summed E-state index contributed by atoms with van der Waals surface area (Å²) in [5, 5.41) is 19.3. The first kappa shape index (κ1) is 20.3. The zero-order chi connectivity index (χ0) is 21.3. The van der Waals surface area contributed by atoms with Crippen molar-refractivity contribution in [2.45, 2.75) is 38.7 Å². The number of carbonyl (C=O) groups is 1. The normalized spacial score (nSPS) is 16.0.